The molecule has 3 rings (SSSR count). The molecule has 0 radical (unpaired) electrons. The van der Waals surface area contributed by atoms with Crippen molar-refractivity contribution in [2.45, 2.75) is 0 Å². The fraction of sp³-hybridized carbons (Fsp3) is 0.667. The minimum Gasteiger partial charge on any atom is -0.379 e. The second-order valence-electron chi connectivity index (χ2n) is 6.50. The molecule has 150 valence electrons. The zero-order valence-corrected chi connectivity index (χ0v) is 16.4. The molecule has 0 aliphatic carbocycles. The summed E-state index contributed by atoms with van der Waals surface area (Å²) in [6.07, 6.45) is 3.08. The Morgan fingerprint density at radius 3 is 2.15 bits per heavy atom. The highest BCUT2D eigenvalue weighted by atomic mass is 32.2. The summed E-state index contributed by atoms with van der Waals surface area (Å²) in [6.45, 7) is 2.75. The highest BCUT2D eigenvalue weighted by Gasteiger charge is 2.34. The number of anilines is 2. The average molecular weight is 399 g/mol. The summed E-state index contributed by atoms with van der Waals surface area (Å²) in [5.74, 6) is 0.551. The van der Waals surface area contributed by atoms with Crippen molar-refractivity contribution in [3.63, 3.8) is 0 Å². The summed E-state index contributed by atoms with van der Waals surface area (Å²) in [4.78, 5) is 24.1. The minimum absolute atomic E-state index is 0.267. The van der Waals surface area contributed by atoms with Crippen LogP contribution in [0.3, 0.4) is 0 Å². The van der Waals surface area contributed by atoms with Gasteiger partial charge in [0.1, 0.15) is 0 Å². The van der Waals surface area contributed by atoms with Crippen LogP contribution in [0.4, 0.5) is 16.4 Å². The number of nitrogens with zero attached hydrogens (tertiary/aromatic N) is 6. The van der Waals surface area contributed by atoms with Gasteiger partial charge in [0.2, 0.25) is 5.95 Å². The van der Waals surface area contributed by atoms with E-state index in [-0.39, 0.29) is 19.1 Å². The third kappa shape index (κ3) is 4.64. The van der Waals surface area contributed by atoms with Gasteiger partial charge in [0.05, 0.1) is 31.3 Å². The van der Waals surface area contributed by atoms with Crippen LogP contribution in [0, 0.1) is 0 Å². The molecule has 2 aliphatic heterocycles. The number of carbonyl (C=O) groups is 1. The molecule has 11 nitrogen and oxygen atoms in total. The largest absolute Gasteiger partial charge is 0.379 e. The van der Waals surface area contributed by atoms with Crippen LogP contribution in [0.15, 0.2) is 12.4 Å². The molecular formula is C15H25N7O4S. The molecule has 0 spiro atoms. The number of nitrogens with one attached hydrogen (secondary N) is 1. The summed E-state index contributed by atoms with van der Waals surface area (Å²) >= 11 is 0. The highest BCUT2D eigenvalue weighted by molar-refractivity contribution is 7.86. The molecule has 1 N–H and O–H groups in total. The van der Waals surface area contributed by atoms with Crippen molar-refractivity contribution in [1.82, 2.24) is 23.5 Å². The van der Waals surface area contributed by atoms with Crippen molar-refractivity contribution in [2.24, 2.45) is 0 Å². The van der Waals surface area contributed by atoms with E-state index in [0.29, 0.717) is 51.0 Å². The summed E-state index contributed by atoms with van der Waals surface area (Å²) in [6, 6.07) is -0.292. The Bertz CT molecular complexity index is 742. The second kappa shape index (κ2) is 8.33. The molecule has 2 aliphatic rings. The number of ether oxygens (including phenoxy) is 1. The average Bonchev–Trinajstić information content (AvgIpc) is 2.69. The molecule has 0 atom stereocenters. The van der Waals surface area contributed by atoms with Crippen LogP contribution in [-0.2, 0) is 14.9 Å². The molecular weight excluding hydrogens is 374 g/mol. The van der Waals surface area contributed by atoms with E-state index in [4.69, 9.17) is 4.74 Å². The smallest absolute Gasteiger partial charge is 0.322 e. The van der Waals surface area contributed by atoms with E-state index < -0.39 is 10.2 Å². The number of hydrogen-bond donors (Lipinski definition) is 1. The third-order valence-electron chi connectivity index (χ3n) is 4.44. The maximum absolute atomic E-state index is 12.7. The molecule has 12 heteroatoms. The number of morpholine rings is 1. The molecule has 1 aromatic heterocycles. The van der Waals surface area contributed by atoms with E-state index in [1.165, 1.54) is 8.61 Å². The topological polar surface area (TPSA) is 111 Å². The number of carbonyl (C=O) groups excluding carboxylic acids is 1. The molecule has 2 amide bonds. The van der Waals surface area contributed by atoms with E-state index in [9.17, 15) is 13.2 Å². The van der Waals surface area contributed by atoms with Gasteiger partial charge in [-0.2, -0.15) is 17.0 Å². The Morgan fingerprint density at radius 2 is 1.59 bits per heavy atom. The summed E-state index contributed by atoms with van der Waals surface area (Å²) < 4.78 is 33.4. The van der Waals surface area contributed by atoms with Gasteiger partial charge in [0, 0.05) is 53.4 Å². The first-order valence-corrected chi connectivity index (χ1v) is 10.2. The van der Waals surface area contributed by atoms with Crippen LogP contribution in [0.1, 0.15) is 0 Å². The van der Waals surface area contributed by atoms with Crippen molar-refractivity contribution in [1.29, 1.82) is 0 Å². The number of urea groups is 1. The fourth-order valence-corrected chi connectivity index (χ4v) is 4.44. The zero-order valence-electron chi connectivity index (χ0n) is 15.5. The first-order valence-electron chi connectivity index (χ1n) is 8.76. The van der Waals surface area contributed by atoms with Crippen molar-refractivity contribution in [2.75, 3.05) is 76.8 Å². The molecule has 3 heterocycles. The quantitative estimate of drug-likeness (QED) is 0.710. The summed E-state index contributed by atoms with van der Waals surface area (Å²) in [5, 5.41) is 2.74. The minimum atomic E-state index is -3.50. The van der Waals surface area contributed by atoms with Crippen LogP contribution in [0.5, 0.6) is 0 Å². The molecule has 0 unspecified atom stereocenters. The first kappa shape index (κ1) is 19.7. The van der Waals surface area contributed by atoms with Crippen LogP contribution in [-0.4, -0.2) is 105 Å². The van der Waals surface area contributed by atoms with Gasteiger partial charge in [0.15, 0.2) is 0 Å². The van der Waals surface area contributed by atoms with E-state index in [2.05, 4.69) is 15.3 Å². The Balaban J connectivity index is 1.53. The number of aromatic nitrogens is 2. The molecule has 27 heavy (non-hydrogen) atoms. The van der Waals surface area contributed by atoms with Crippen molar-refractivity contribution < 1.29 is 17.9 Å². The first-order chi connectivity index (χ1) is 12.9. The monoisotopic (exact) mass is 399 g/mol. The Labute approximate surface area is 159 Å². The number of piperazine rings is 1. The van der Waals surface area contributed by atoms with Crippen LogP contribution < -0.4 is 10.2 Å². The Kier molecular flexibility index (Phi) is 6.09. The predicted molar refractivity (Wildman–Crippen MR) is 99.8 cm³/mol. The molecule has 1 aromatic rings. The number of hydrogen-bond acceptors (Lipinski definition) is 7. The van der Waals surface area contributed by atoms with Gasteiger partial charge in [-0.15, -0.1) is 0 Å². The predicted octanol–water partition coefficient (Wildman–Crippen LogP) is -0.731. The SMILES string of the molecule is CN(C)c1ncc(NC(=O)N2CCN(S(=O)(=O)N3CCOCC3)CC2)cn1. The second-order valence-corrected chi connectivity index (χ2v) is 8.43. The Morgan fingerprint density at radius 1 is 1.04 bits per heavy atom. The maximum atomic E-state index is 12.7. The van der Waals surface area contributed by atoms with E-state index in [0.717, 1.165) is 0 Å². The van der Waals surface area contributed by atoms with Gasteiger partial charge < -0.3 is 19.9 Å². The van der Waals surface area contributed by atoms with E-state index in [1.54, 1.807) is 22.2 Å². The van der Waals surface area contributed by atoms with Gasteiger partial charge in [-0.3, -0.25) is 0 Å². The normalized spacial score (nSPS) is 19.7. The van der Waals surface area contributed by atoms with Crippen molar-refractivity contribution >= 4 is 27.9 Å². The zero-order chi connectivity index (χ0) is 19.4. The van der Waals surface area contributed by atoms with Crippen molar-refractivity contribution in [3.05, 3.63) is 12.4 Å². The molecule has 2 saturated heterocycles. The standard InChI is InChI=1S/C15H25N7O4S/c1-19(2)14-16-11-13(12-17-14)18-15(23)20-3-5-21(6-4-20)27(24,25)22-7-9-26-10-8-22/h11-12H,3-10H2,1-2H3,(H,18,23). The summed E-state index contributed by atoms with van der Waals surface area (Å²) in [7, 11) is 0.160. The van der Waals surface area contributed by atoms with Gasteiger partial charge in [-0.25, -0.2) is 14.8 Å². The number of amides is 2. The third-order valence-corrected chi connectivity index (χ3v) is 6.47. The van der Waals surface area contributed by atoms with E-state index in [1.807, 2.05) is 14.1 Å². The molecule has 0 bridgehead atoms. The van der Waals surface area contributed by atoms with Crippen LogP contribution in [0.25, 0.3) is 0 Å². The van der Waals surface area contributed by atoms with Gasteiger partial charge >= 0.3 is 6.03 Å². The maximum Gasteiger partial charge on any atom is 0.322 e. The lowest BCUT2D eigenvalue weighted by molar-refractivity contribution is 0.0691. The van der Waals surface area contributed by atoms with Crippen LogP contribution in [0.2, 0.25) is 0 Å². The Hall–Kier alpha value is -2.02. The lowest BCUT2D eigenvalue weighted by Gasteiger charge is -2.37. The molecule has 0 aromatic carbocycles. The number of rotatable bonds is 4. The lowest BCUT2D eigenvalue weighted by Crippen LogP contribution is -2.56. The van der Waals surface area contributed by atoms with Crippen molar-refractivity contribution in [3.8, 4) is 0 Å². The van der Waals surface area contributed by atoms with Gasteiger partial charge in [-0.05, 0) is 0 Å². The highest BCUT2D eigenvalue weighted by Crippen LogP contribution is 2.15. The van der Waals surface area contributed by atoms with Gasteiger partial charge in [0.25, 0.3) is 10.2 Å². The molecule has 2 fully saturated rings. The van der Waals surface area contributed by atoms with Crippen LogP contribution >= 0.6 is 0 Å². The van der Waals surface area contributed by atoms with Gasteiger partial charge in [-0.1, -0.05) is 0 Å². The fourth-order valence-electron chi connectivity index (χ4n) is 2.88. The lowest BCUT2D eigenvalue weighted by atomic mass is 10.4. The molecule has 0 saturated carbocycles. The summed E-state index contributed by atoms with van der Waals surface area (Å²) in [5.41, 5.74) is 0.494. The van der Waals surface area contributed by atoms with E-state index >= 15 is 0 Å².